The molecule has 0 bridgehead atoms. The van der Waals surface area contributed by atoms with E-state index in [4.69, 9.17) is 9.84 Å². The van der Waals surface area contributed by atoms with Crippen LogP contribution in [-0.4, -0.2) is 30.1 Å². The molecule has 1 amide bonds. The van der Waals surface area contributed by atoms with Crippen molar-refractivity contribution in [2.45, 2.75) is 26.2 Å². The predicted molar refractivity (Wildman–Crippen MR) is 74.9 cm³/mol. The molecule has 2 rings (SSSR count). The van der Waals surface area contributed by atoms with Gasteiger partial charge in [0.15, 0.2) is 0 Å². The van der Waals surface area contributed by atoms with E-state index in [9.17, 15) is 9.59 Å². The topological polar surface area (TPSA) is 66.8 Å². The van der Waals surface area contributed by atoms with Crippen molar-refractivity contribution in [3.63, 3.8) is 0 Å². The van der Waals surface area contributed by atoms with Gasteiger partial charge in [-0.05, 0) is 18.6 Å². The van der Waals surface area contributed by atoms with Crippen LogP contribution in [0.1, 0.15) is 26.2 Å². The summed E-state index contributed by atoms with van der Waals surface area (Å²) in [5.41, 5.74) is 0.702. The second kappa shape index (κ2) is 6.41. The largest absolute Gasteiger partial charge is 0.494 e. The summed E-state index contributed by atoms with van der Waals surface area (Å²) < 4.78 is 5.60. The molecule has 1 unspecified atom stereocenters. The van der Waals surface area contributed by atoms with Crippen LogP contribution in [0.3, 0.4) is 0 Å². The molecule has 1 saturated heterocycles. The molecule has 0 saturated carbocycles. The number of unbranched alkanes of at least 4 members (excludes halogenated alkanes) is 1. The van der Waals surface area contributed by atoms with Crippen LogP contribution in [0, 0.1) is 5.92 Å². The maximum Gasteiger partial charge on any atom is 0.308 e. The SMILES string of the molecule is CCCCOc1cccc(N2CC(C(=O)O)CC2=O)c1. The molecule has 0 spiro atoms. The molecule has 108 valence electrons. The van der Waals surface area contributed by atoms with Crippen molar-refractivity contribution in [3.05, 3.63) is 24.3 Å². The van der Waals surface area contributed by atoms with Gasteiger partial charge in [0, 0.05) is 24.7 Å². The lowest BCUT2D eigenvalue weighted by Gasteiger charge is -2.17. The van der Waals surface area contributed by atoms with Gasteiger partial charge in [-0.1, -0.05) is 19.4 Å². The molecule has 5 heteroatoms. The minimum absolute atomic E-state index is 0.0657. The third-order valence-corrected chi connectivity index (χ3v) is 3.37. The van der Waals surface area contributed by atoms with Gasteiger partial charge in [-0.3, -0.25) is 9.59 Å². The van der Waals surface area contributed by atoms with Crippen LogP contribution in [0.25, 0.3) is 0 Å². The van der Waals surface area contributed by atoms with Crippen molar-refractivity contribution in [2.75, 3.05) is 18.1 Å². The van der Waals surface area contributed by atoms with E-state index >= 15 is 0 Å². The number of ether oxygens (including phenoxy) is 1. The van der Waals surface area contributed by atoms with E-state index in [2.05, 4.69) is 6.92 Å². The van der Waals surface area contributed by atoms with Crippen LogP contribution in [0.15, 0.2) is 24.3 Å². The van der Waals surface area contributed by atoms with Gasteiger partial charge >= 0.3 is 5.97 Å². The molecule has 1 aliphatic heterocycles. The third kappa shape index (κ3) is 3.29. The lowest BCUT2D eigenvalue weighted by Crippen LogP contribution is -2.25. The molecule has 1 N–H and O–H groups in total. The van der Waals surface area contributed by atoms with E-state index < -0.39 is 11.9 Å². The molecule has 5 nitrogen and oxygen atoms in total. The van der Waals surface area contributed by atoms with Crippen LogP contribution < -0.4 is 9.64 Å². The Bertz CT molecular complexity index is 500. The highest BCUT2D eigenvalue weighted by molar-refractivity contribution is 5.99. The third-order valence-electron chi connectivity index (χ3n) is 3.37. The maximum absolute atomic E-state index is 11.9. The zero-order chi connectivity index (χ0) is 14.5. The molecule has 0 aliphatic carbocycles. The smallest absolute Gasteiger partial charge is 0.308 e. The Balaban J connectivity index is 2.07. The first-order chi connectivity index (χ1) is 9.61. The Morgan fingerprint density at radius 2 is 2.30 bits per heavy atom. The number of nitrogens with zero attached hydrogens (tertiary/aromatic N) is 1. The minimum atomic E-state index is -0.920. The summed E-state index contributed by atoms with van der Waals surface area (Å²) >= 11 is 0. The number of carboxylic acid groups (broad SMARTS) is 1. The van der Waals surface area contributed by atoms with Gasteiger partial charge in [0.25, 0.3) is 0 Å². The van der Waals surface area contributed by atoms with Crippen LogP contribution in [-0.2, 0) is 9.59 Å². The van der Waals surface area contributed by atoms with Crippen molar-refractivity contribution in [3.8, 4) is 5.75 Å². The molecular weight excluding hydrogens is 258 g/mol. The standard InChI is InChI=1S/C15H19NO4/c1-2-3-7-20-13-6-4-5-12(9-13)16-10-11(15(18)19)8-14(16)17/h4-6,9,11H,2-3,7-8,10H2,1H3,(H,18,19). The second-order valence-corrected chi connectivity index (χ2v) is 4.94. The van der Waals surface area contributed by atoms with Crippen molar-refractivity contribution >= 4 is 17.6 Å². The number of carbonyl (C=O) groups is 2. The number of hydrogen-bond donors (Lipinski definition) is 1. The van der Waals surface area contributed by atoms with Gasteiger partial charge in [0.2, 0.25) is 5.91 Å². The molecule has 0 aromatic heterocycles. The quantitative estimate of drug-likeness (QED) is 0.810. The van der Waals surface area contributed by atoms with Crippen LogP contribution in [0.5, 0.6) is 5.75 Å². The average Bonchev–Trinajstić information content (AvgIpc) is 2.82. The highest BCUT2D eigenvalue weighted by Gasteiger charge is 2.35. The van der Waals surface area contributed by atoms with E-state index in [1.807, 2.05) is 12.1 Å². The molecule has 1 aromatic rings. The van der Waals surface area contributed by atoms with E-state index in [0.717, 1.165) is 12.8 Å². The first kappa shape index (κ1) is 14.4. The van der Waals surface area contributed by atoms with Gasteiger partial charge in [0.05, 0.1) is 12.5 Å². The molecule has 1 aliphatic rings. The van der Waals surface area contributed by atoms with Crippen LogP contribution in [0.4, 0.5) is 5.69 Å². The van der Waals surface area contributed by atoms with Crippen molar-refractivity contribution in [1.82, 2.24) is 0 Å². The van der Waals surface area contributed by atoms with E-state index in [-0.39, 0.29) is 18.9 Å². The van der Waals surface area contributed by atoms with Gasteiger partial charge in [-0.25, -0.2) is 0 Å². The first-order valence-corrected chi connectivity index (χ1v) is 6.88. The molecule has 20 heavy (non-hydrogen) atoms. The highest BCUT2D eigenvalue weighted by Crippen LogP contribution is 2.28. The van der Waals surface area contributed by atoms with E-state index in [0.29, 0.717) is 18.0 Å². The summed E-state index contributed by atoms with van der Waals surface area (Å²) in [6.45, 7) is 2.97. The number of rotatable bonds is 6. The van der Waals surface area contributed by atoms with Crippen molar-refractivity contribution < 1.29 is 19.4 Å². The van der Waals surface area contributed by atoms with Crippen molar-refractivity contribution in [1.29, 1.82) is 0 Å². The number of amides is 1. The maximum atomic E-state index is 11.9. The fourth-order valence-corrected chi connectivity index (χ4v) is 2.20. The first-order valence-electron chi connectivity index (χ1n) is 6.88. The Labute approximate surface area is 118 Å². The van der Waals surface area contributed by atoms with E-state index in [1.165, 1.54) is 4.90 Å². The number of aliphatic carboxylic acids is 1. The number of anilines is 1. The molecule has 1 heterocycles. The number of hydrogen-bond acceptors (Lipinski definition) is 3. The molecular formula is C15H19NO4. The van der Waals surface area contributed by atoms with Crippen LogP contribution in [0.2, 0.25) is 0 Å². The summed E-state index contributed by atoms with van der Waals surface area (Å²) in [7, 11) is 0. The average molecular weight is 277 g/mol. The minimum Gasteiger partial charge on any atom is -0.494 e. The van der Waals surface area contributed by atoms with Gasteiger partial charge in [0.1, 0.15) is 5.75 Å². The Morgan fingerprint density at radius 3 is 2.95 bits per heavy atom. The molecule has 1 aromatic carbocycles. The molecule has 1 fully saturated rings. The monoisotopic (exact) mass is 277 g/mol. The number of benzene rings is 1. The predicted octanol–water partition coefficient (Wildman–Crippen LogP) is 2.30. The fraction of sp³-hybridized carbons (Fsp3) is 0.467. The number of carboxylic acids is 1. The zero-order valence-electron chi connectivity index (χ0n) is 11.5. The molecule has 0 radical (unpaired) electrons. The van der Waals surface area contributed by atoms with Gasteiger partial charge in [-0.15, -0.1) is 0 Å². The summed E-state index contributed by atoms with van der Waals surface area (Å²) in [5.74, 6) is -0.978. The lowest BCUT2D eigenvalue weighted by molar-refractivity contribution is -0.141. The van der Waals surface area contributed by atoms with Gasteiger partial charge < -0.3 is 14.7 Å². The van der Waals surface area contributed by atoms with Crippen LogP contribution >= 0.6 is 0 Å². The Kier molecular flexibility index (Phi) is 4.61. The summed E-state index contributed by atoms with van der Waals surface area (Å²) in [5, 5.41) is 8.99. The highest BCUT2D eigenvalue weighted by atomic mass is 16.5. The Morgan fingerprint density at radius 1 is 1.50 bits per heavy atom. The van der Waals surface area contributed by atoms with E-state index in [1.54, 1.807) is 12.1 Å². The Hall–Kier alpha value is -2.04. The molecule has 1 atom stereocenters. The number of carbonyl (C=O) groups excluding carboxylic acids is 1. The summed E-state index contributed by atoms with van der Waals surface area (Å²) in [4.78, 5) is 24.4. The van der Waals surface area contributed by atoms with Crippen molar-refractivity contribution in [2.24, 2.45) is 5.92 Å². The summed E-state index contributed by atoms with van der Waals surface area (Å²) in [6, 6.07) is 7.25. The lowest BCUT2D eigenvalue weighted by atomic mass is 10.1. The normalized spacial score (nSPS) is 18.4. The second-order valence-electron chi connectivity index (χ2n) is 4.94. The zero-order valence-corrected chi connectivity index (χ0v) is 11.5. The fourth-order valence-electron chi connectivity index (χ4n) is 2.20. The van der Waals surface area contributed by atoms with Gasteiger partial charge in [-0.2, -0.15) is 0 Å². The summed E-state index contributed by atoms with van der Waals surface area (Å²) in [6.07, 6.45) is 2.11.